The summed E-state index contributed by atoms with van der Waals surface area (Å²) in [6, 6.07) is 10.1. The second-order valence-corrected chi connectivity index (χ2v) is 5.24. The molecule has 0 saturated heterocycles. The highest BCUT2D eigenvalue weighted by Gasteiger charge is 2.12. The van der Waals surface area contributed by atoms with Crippen LogP contribution < -0.4 is 0 Å². The molecule has 0 fully saturated rings. The minimum Gasteiger partial charge on any atom is -0.452 e. The van der Waals surface area contributed by atoms with Gasteiger partial charge in [-0.2, -0.15) is 0 Å². The fourth-order valence-electron chi connectivity index (χ4n) is 2.07. The molecule has 3 rings (SSSR count). The van der Waals surface area contributed by atoms with E-state index in [9.17, 15) is 14.9 Å². The van der Waals surface area contributed by atoms with Crippen LogP contribution in [-0.2, 0) is 16.1 Å². The average Bonchev–Trinajstić information content (AvgIpc) is 3.28. The Morgan fingerprint density at radius 1 is 1.27 bits per heavy atom. The Morgan fingerprint density at radius 2 is 2.12 bits per heavy atom. The number of esters is 1. The lowest BCUT2D eigenvalue weighted by molar-refractivity contribution is -0.402. The summed E-state index contributed by atoms with van der Waals surface area (Å²) in [6.45, 7) is 1.75. The molecule has 26 heavy (non-hydrogen) atoms. The van der Waals surface area contributed by atoms with Crippen LogP contribution in [-0.4, -0.2) is 21.1 Å². The number of furan rings is 1. The van der Waals surface area contributed by atoms with Crippen molar-refractivity contribution in [2.24, 2.45) is 0 Å². The number of carbonyl (C=O) groups is 1. The Hall–Kier alpha value is -3.75. The largest absolute Gasteiger partial charge is 0.452 e. The van der Waals surface area contributed by atoms with Crippen molar-refractivity contribution < 1.29 is 23.3 Å². The molecule has 0 aliphatic heterocycles. The van der Waals surface area contributed by atoms with Crippen molar-refractivity contribution in [3.8, 4) is 11.5 Å². The van der Waals surface area contributed by atoms with Crippen LogP contribution in [0.2, 0.25) is 0 Å². The molecule has 9 heteroatoms. The molecule has 0 aliphatic carbocycles. The number of carbonyl (C=O) groups excluding carboxylic acids is 1. The number of ether oxygens (including phenoxy) is 1. The Kier molecular flexibility index (Phi) is 4.88. The summed E-state index contributed by atoms with van der Waals surface area (Å²) in [4.78, 5) is 21.5. The molecular weight excluding hydrogens is 342 g/mol. The van der Waals surface area contributed by atoms with Crippen molar-refractivity contribution in [3.63, 3.8) is 0 Å². The Balaban J connectivity index is 1.56. The lowest BCUT2D eigenvalue weighted by atomic mass is 10.1. The van der Waals surface area contributed by atoms with E-state index in [1.807, 2.05) is 31.2 Å². The number of hydrogen-bond acceptors (Lipinski definition) is 8. The summed E-state index contributed by atoms with van der Waals surface area (Å²) in [7, 11) is 0. The van der Waals surface area contributed by atoms with Gasteiger partial charge in [0.15, 0.2) is 6.61 Å². The van der Waals surface area contributed by atoms with Gasteiger partial charge in [0.05, 0.1) is 6.07 Å². The second kappa shape index (κ2) is 7.43. The minimum absolute atomic E-state index is 0.150. The normalized spacial score (nSPS) is 11.0. The van der Waals surface area contributed by atoms with E-state index in [-0.39, 0.29) is 18.3 Å². The molecule has 2 heterocycles. The van der Waals surface area contributed by atoms with Crippen molar-refractivity contribution in [2.75, 3.05) is 0 Å². The van der Waals surface area contributed by atoms with Gasteiger partial charge in [0.1, 0.15) is 10.7 Å². The quantitative estimate of drug-likeness (QED) is 0.286. The fourth-order valence-corrected chi connectivity index (χ4v) is 2.07. The maximum atomic E-state index is 11.7. The molecule has 0 aliphatic rings. The summed E-state index contributed by atoms with van der Waals surface area (Å²) in [5, 5.41) is 18.2. The van der Waals surface area contributed by atoms with E-state index in [0.29, 0.717) is 5.89 Å². The molecule has 0 amide bonds. The Labute approximate surface area is 147 Å². The molecule has 0 bridgehead atoms. The zero-order valence-corrected chi connectivity index (χ0v) is 13.6. The van der Waals surface area contributed by atoms with Crippen LogP contribution in [0.4, 0.5) is 5.88 Å². The number of aryl methyl sites for hydroxylation is 1. The number of aromatic nitrogens is 2. The predicted molar refractivity (Wildman–Crippen MR) is 88.7 cm³/mol. The van der Waals surface area contributed by atoms with Crippen molar-refractivity contribution in [1.29, 1.82) is 0 Å². The first-order chi connectivity index (χ1) is 12.5. The summed E-state index contributed by atoms with van der Waals surface area (Å²) in [5.74, 6) is -0.449. The zero-order chi connectivity index (χ0) is 18.5. The average molecular weight is 355 g/mol. The van der Waals surface area contributed by atoms with E-state index < -0.39 is 16.8 Å². The minimum atomic E-state index is -0.681. The van der Waals surface area contributed by atoms with Gasteiger partial charge in [0, 0.05) is 11.6 Å². The molecule has 132 valence electrons. The molecule has 2 aromatic heterocycles. The topological polar surface area (TPSA) is 122 Å². The predicted octanol–water partition coefficient (Wildman–Crippen LogP) is 3.30. The molecule has 0 radical (unpaired) electrons. The van der Waals surface area contributed by atoms with E-state index >= 15 is 0 Å². The molecule has 0 N–H and O–H groups in total. The van der Waals surface area contributed by atoms with Gasteiger partial charge < -0.3 is 13.6 Å². The van der Waals surface area contributed by atoms with Gasteiger partial charge in [0.25, 0.3) is 5.89 Å². The number of rotatable bonds is 6. The van der Waals surface area contributed by atoms with Crippen molar-refractivity contribution in [3.05, 3.63) is 69.8 Å². The maximum absolute atomic E-state index is 11.7. The van der Waals surface area contributed by atoms with Crippen LogP contribution >= 0.6 is 0 Å². The molecule has 0 unspecified atom stereocenters. The standard InChI is InChI=1S/C17H13N3O6/c1-11-3-2-4-12(9-11)17-19-18-14(26-17)10-24-16(21)8-6-13-5-7-15(25-13)20(22)23/h2-9H,10H2,1H3/b8-6+. The SMILES string of the molecule is Cc1cccc(-c2nnc(COC(=O)/C=C/c3ccc([N+](=O)[O-])o3)o2)c1. The van der Waals surface area contributed by atoms with Crippen LogP contribution in [0.1, 0.15) is 17.2 Å². The van der Waals surface area contributed by atoms with E-state index in [1.165, 1.54) is 18.2 Å². The first-order valence-electron chi connectivity index (χ1n) is 7.50. The molecule has 1 aromatic carbocycles. The lowest BCUT2D eigenvalue weighted by Crippen LogP contribution is -2.00. The van der Waals surface area contributed by atoms with E-state index in [1.54, 1.807) is 0 Å². The Morgan fingerprint density at radius 3 is 2.85 bits per heavy atom. The highest BCUT2D eigenvalue weighted by Crippen LogP contribution is 2.19. The van der Waals surface area contributed by atoms with Crippen LogP contribution in [0.3, 0.4) is 0 Å². The van der Waals surface area contributed by atoms with Crippen LogP contribution in [0.25, 0.3) is 17.5 Å². The van der Waals surface area contributed by atoms with Gasteiger partial charge in [-0.15, -0.1) is 10.2 Å². The number of nitrogens with zero attached hydrogens (tertiary/aromatic N) is 3. The monoisotopic (exact) mass is 355 g/mol. The molecule has 0 spiro atoms. The number of hydrogen-bond donors (Lipinski definition) is 0. The third-order valence-electron chi connectivity index (χ3n) is 3.25. The van der Waals surface area contributed by atoms with Gasteiger partial charge in [-0.3, -0.25) is 10.1 Å². The maximum Gasteiger partial charge on any atom is 0.433 e. The van der Waals surface area contributed by atoms with E-state index in [4.69, 9.17) is 13.6 Å². The zero-order valence-electron chi connectivity index (χ0n) is 13.6. The van der Waals surface area contributed by atoms with Gasteiger partial charge >= 0.3 is 11.9 Å². The van der Waals surface area contributed by atoms with Crippen molar-refractivity contribution >= 4 is 17.9 Å². The van der Waals surface area contributed by atoms with Crippen molar-refractivity contribution in [2.45, 2.75) is 13.5 Å². The van der Waals surface area contributed by atoms with Gasteiger partial charge in [-0.25, -0.2) is 4.79 Å². The van der Waals surface area contributed by atoms with Crippen LogP contribution in [0.5, 0.6) is 0 Å². The highest BCUT2D eigenvalue weighted by atomic mass is 16.6. The van der Waals surface area contributed by atoms with Crippen LogP contribution in [0.15, 0.2) is 51.3 Å². The number of nitro groups is 1. The van der Waals surface area contributed by atoms with Gasteiger partial charge in [-0.1, -0.05) is 17.7 Å². The Bertz CT molecular complexity index is 972. The molecular formula is C17H13N3O6. The van der Waals surface area contributed by atoms with Gasteiger partial charge in [-0.05, 0) is 31.2 Å². The third kappa shape index (κ3) is 4.20. The summed E-state index contributed by atoms with van der Waals surface area (Å²) >= 11 is 0. The summed E-state index contributed by atoms with van der Waals surface area (Å²) < 4.78 is 15.3. The van der Waals surface area contributed by atoms with E-state index in [2.05, 4.69) is 10.2 Å². The van der Waals surface area contributed by atoms with E-state index in [0.717, 1.165) is 17.2 Å². The van der Waals surface area contributed by atoms with Gasteiger partial charge in [0.2, 0.25) is 5.89 Å². The third-order valence-corrected chi connectivity index (χ3v) is 3.25. The molecule has 9 nitrogen and oxygen atoms in total. The second-order valence-electron chi connectivity index (χ2n) is 5.24. The molecule has 0 saturated carbocycles. The number of benzene rings is 1. The first kappa shape index (κ1) is 17.1. The van der Waals surface area contributed by atoms with Crippen molar-refractivity contribution in [1.82, 2.24) is 10.2 Å². The van der Waals surface area contributed by atoms with Crippen LogP contribution in [0, 0.1) is 17.0 Å². The lowest BCUT2D eigenvalue weighted by Gasteiger charge is -1.97. The first-order valence-corrected chi connectivity index (χ1v) is 7.50. The molecule has 3 aromatic rings. The smallest absolute Gasteiger partial charge is 0.433 e. The highest BCUT2D eigenvalue weighted by molar-refractivity contribution is 5.86. The summed E-state index contributed by atoms with van der Waals surface area (Å²) in [5.41, 5.74) is 1.83. The fraction of sp³-hybridized carbons (Fsp3) is 0.118. The summed E-state index contributed by atoms with van der Waals surface area (Å²) in [6.07, 6.45) is 2.35. The molecule has 0 atom stereocenters.